The van der Waals surface area contributed by atoms with Crippen LogP contribution in [0, 0.1) is 13.8 Å². The Bertz CT molecular complexity index is 923. The summed E-state index contributed by atoms with van der Waals surface area (Å²) in [6.45, 7) is 3.81. The molecule has 0 atom stereocenters. The highest BCUT2D eigenvalue weighted by Crippen LogP contribution is 2.41. The molecule has 2 amide bonds. The van der Waals surface area contributed by atoms with E-state index in [-0.39, 0.29) is 6.61 Å². The van der Waals surface area contributed by atoms with Crippen molar-refractivity contribution in [3.63, 3.8) is 0 Å². The molecule has 0 fully saturated rings. The highest BCUT2D eigenvalue weighted by atomic mass is 35.5. The second-order valence-corrected chi connectivity index (χ2v) is 7.50. The third-order valence-electron chi connectivity index (χ3n) is 4.12. The fraction of sp³-hybridized carbons (Fsp3) is 0.200. The molecule has 0 unspecified atom stereocenters. The van der Waals surface area contributed by atoms with E-state index in [4.69, 9.17) is 11.6 Å². The summed E-state index contributed by atoms with van der Waals surface area (Å²) < 4.78 is 0. The van der Waals surface area contributed by atoms with Crippen LogP contribution in [-0.2, 0) is 9.59 Å². The third kappa shape index (κ3) is 3.30. The van der Waals surface area contributed by atoms with Crippen LogP contribution in [0.1, 0.15) is 16.7 Å². The summed E-state index contributed by atoms with van der Waals surface area (Å²) in [6.07, 6.45) is 0. The van der Waals surface area contributed by atoms with Crippen molar-refractivity contribution in [1.29, 1.82) is 0 Å². The number of nitrogens with zero attached hydrogens (tertiary/aromatic N) is 1. The van der Waals surface area contributed by atoms with Crippen LogP contribution in [0.15, 0.2) is 47.4 Å². The Labute approximate surface area is 161 Å². The molecule has 0 saturated carbocycles. The molecule has 1 aliphatic heterocycles. The lowest BCUT2D eigenvalue weighted by molar-refractivity contribution is -0.119. The van der Waals surface area contributed by atoms with E-state index in [1.807, 2.05) is 32.0 Å². The minimum atomic E-state index is -0.406. The van der Waals surface area contributed by atoms with Crippen LogP contribution in [0.25, 0.3) is 5.57 Å². The predicted molar refractivity (Wildman–Crippen MR) is 106 cm³/mol. The van der Waals surface area contributed by atoms with Gasteiger partial charge in [0.1, 0.15) is 0 Å². The third-order valence-corrected chi connectivity index (χ3v) is 5.50. The number of hydrogen-bond acceptors (Lipinski definition) is 4. The number of benzene rings is 2. The van der Waals surface area contributed by atoms with Gasteiger partial charge in [-0.25, -0.2) is 4.90 Å². The van der Waals surface area contributed by atoms with Crippen molar-refractivity contribution in [1.82, 2.24) is 0 Å². The standard InChI is InChI=1S/C20H18ClNO3S/c1-12-7-8-14(13(2)11-12)17-18(26-10-9-23)20(25)22(19(17)24)16-6-4-3-5-15(16)21/h3-8,11,23H,9-10H2,1-2H3. The molecule has 0 spiro atoms. The summed E-state index contributed by atoms with van der Waals surface area (Å²) >= 11 is 7.41. The molecule has 2 aromatic carbocycles. The van der Waals surface area contributed by atoms with Gasteiger partial charge in [0, 0.05) is 5.75 Å². The topological polar surface area (TPSA) is 57.6 Å². The van der Waals surface area contributed by atoms with Crippen LogP contribution in [0.2, 0.25) is 5.02 Å². The van der Waals surface area contributed by atoms with Gasteiger partial charge < -0.3 is 5.11 Å². The molecule has 4 nitrogen and oxygen atoms in total. The largest absolute Gasteiger partial charge is 0.396 e. The number of hydrogen-bond donors (Lipinski definition) is 1. The Morgan fingerprint density at radius 1 is 1.08 bits per heavy atom. The van der Waals surface area contributed by atoms with Crippen molar-refractivity contribution in [3.8, 4) is 0 Å². The summed E-state index contributed by atoms with van der Waals surface area (Å²) in [5.74, 6) is -0.467. The lowest BCUT2D eigenvalue weighted by Gasteiger charge is -2.16. The van der Waals surface area contributed by atoms with Crippen molar-refractivity contribution in [2.75, 3.05) is 17.3 Å². The SMILES string of the molecule is Cc1ccc(C2=C(SCCO)C(=O)N(c3ccccc3Cl)C2=O)c(C)c1. The molecule has 134 valence electrons. The smallest absolute Gasteiger partial charge is 0.272 e. The van der Waals surface area contributed by atoms with Gasteiger partial charge in [-0.05, 0) is 37.1 Å². The minimum absolute atomic E-state index is 0.0815. The molecule has 1 N–H and O–H groups in total. The molecule has 2 aromatic rings. The first-order chi connectivity index (χ1) is 12.5. The Balaban J connectivity index is 2.14. The molecule has 0 aliphatic carbocycles. The number of para-hydroxylation sites is 1. The highest BCUT2D eigenvalue weighted by Gasteiger charge is 2.41. The van der Waals surface area contributed by atoms with Gasteiger partial charge in [-0.3, -0.25) is 9.59 Å². The van der Waals surface area contributed by atoms with Gasteiger partial charge in [0.25, 0.3) is 11.8 Å². The monoisotopic (exact) mass is 387 g/mol. The van der Waals surface area contributed by atoms with Crippen molar-refractivity contribution >= 4 is 46.4 Å². The van der Waals surface area contributed by atoms with Gasteiger partial charge in [0.15, 0.2) is 0 Å². The number of halogens is 1. The molecular formula is C20H18ClNO3S. The first-order valence-corrected chi connectivity index (χ1v) is 9.51. The van der Waals surface area contributed by atoms with Crippen LogP contribution < -0.4 is 4.90 Å². The zero-order chi connectivity index (χ0) is 18.8. The van der Waals surface area contributed by atoms with Crippen LogP contribution >= 0.6 is 23.4 Å². The van der Waals surface area contributed by atoms with Crippen molar-refractivity contribution in [3.05, 3.63) is 69.1 Å². The average molecular weight is 388 g/mol. The van der Waals surface area contributed by atoms with Gasteiger partial charge in [0.05, 0.1) is 27.8 Å². The normalized spacial score (nSPS) is 14.5. The van der Waals surface area contributed by atoms with Gasteiger partial charge in [-0.1, -0.05) is 47.5 Å². The van der Waals surface area contributed by atoms with Gasteiger partial charge in [-0.15, -0.1) is 11.8 Å². The quantitative estimate of drug-likeness (QED) is 0.789. The number of rotatable bonds is 5. The highest BCUT2D eigenvalue weighted by molar-refractivity contribution is 8.04. The molecule has 0 bridgehead atoms. The average Bonchev–Trinajstić information content (AvgIpc) is 2.84. The van der Waals surface area contributed by atoms with Crippen LogP contribution in [0.5, 0.6) is 0 Å². The van der Waals surface area contributed by atoms with E-state index in [2.05, 4.69) is 0 Å². The Morgan fingerprint density at radius 3 is 2.46 bits per heavy atom. The molecule has 1 aliphatic rings. The maximum absolute atomic E-state index is 13.2. The molecular weight excluding hydrogens is 370 g/mol. The number of carbonyl (C=O) groups is 2. The maximum atomic E-state index is 13.2. The number of amides is 2. The summed E-state index contributed by atoms with van der Waals surface area (Å²) in [5, 5.41) is 9.51. The fourth-order valence-electron chi connectivity index (χ4n) is 2.97. The zero-order valence-corrected chi connectivity index (χ0v) is 16.0. The van der Waals surface area contributed by atoms with Gasteiger partial charge in [0.2, 0.25) is 0 Å². The minimum Gasteiger partial charge on any atom is -0.396 e. The van der Waals surface area contributed by atoms with E-state index in [1.165, 1.54) is 11.8 Å². The first kappa shape index (κ1) is 18.7. The van der Waals surface area contributed by atoms with Crippen molar-refractivity contribution < 1.29 is 14.7 Å². The van der Waals surface area contributed by atoms with Crippen molar-refractivity contribution in [2.24, 2.45) is 0 Å². The van der Waals surface area contributed by atoms with E-state index in [0.717, 1.165) is 21.6 Å². The lowest BCUT2D eigenvalue weighted by atomic mass is 9.99. The Morgan fingerprint density at radius 2 is 1.81 bits per heavy atom. The summed E-state index contributed by atoms with van der Waals surface area (Å²) in [7, 11) is 0. The van der Waals surface area contributed by atoms with Crippen LogP contribution in [-0.4, -0.2) is 29.3 Å². The van der Waals surface area contributed by atoms with Gasteiger partial charge in [-0.2, -0.15) is 0 Å². The first-order valence-electron chi connectivity index (χ1n) is 8.14. The number of imide groups is 1. The molecule has 0 radical (unpaired) electrons. The van der Waals surface area contributed by atoms with Crippen LogP contribution in [0.4, 0.5) is 5.69 Å². The number of aliphatic hydroxyl groups excluding tert-OH is 1. The number of aliphatic hydroxyl groups is 1. The summed E-state index contributed by atoms with van der Waals surface area (Å²) in [5.41, 5.74) is 3.46. The van der Waals surface area contributed by atoms with E-state index < -0.39 is 11.8 Å². The molecule has 26 heavy (non-hydrogen) atoms. The Kier molecular flexibility index (Phi) is 5.51. The Hall–Kier alpha value is -2.08. The number of aryl methyl sites for hydroxylation is 2. The summed E-state index contributed by atoms with van der Waals surface area (Å²) in [6, 6.07) is 12.5. The maximum Gasteiger partial charge on any atom is 0.272 e. The number of thioether (sulfide) groups is 1. The van der Waals surface area contributed by atoms with E-state index >= 15 is 0 Å². The van der Waals surface area contributed by atoms with Crippen LogP contribution in [0.3, 0.4) is 0 Å². The van der Waals surface area contributed by atoms with Gasteiger partial charge >= 0.3 is 0 Å². The number of anilines is 1. The zero-order valence-electron chi connectivity index (χ0n) is 14.5. The van der Waals surface area contributed by atoms with Crippen molar-refractivity contribution in [2.45, 2.75) is 13.8 Å². The molecule has 3 rings (SSSR count). The predicted octanol–water partition coefficient (Wildman–Crippen LogP) is 3.97. The molecule has 0 aromatic heterocycles. The van der Waals surface area contributed by atoms with E-state index in [9.17, 15) is 14.7 Å². The number of carbonyl (C=O) groups excluding carboxylic acids is 2. The lowest BCUT2D eigenvalue weighted by Crippen LogP contribution is -2.31. The second-order valence-electron chi connectivity index (χ2n) is 5.99. The fourth-order valence-corrected chi connectivity index (χ4v) is 4.05. The van der Waals surface area contributed by atoms with E-state index in [0.29, 0.717) is 26.9 Å². The molecule has 6 heteroatoms. The molecule has 0 saturated heterocycles. The van der Waals surface area contributed by atoms with E-state index in [1.54, 1.807) is 24.3 Å². The molecule has 1 heterocycles. The summed E-state index contributed by atoms with van der Waals surface area (Å²) in [4.78, 5) is 27.7. The second kappa shape index (κ2) is 7.66.